The number of fused-ring (bicyclic) bond motifs is 3. The highest BCUT2D eigenvalue weighted by Gasteiger charge is 2.12. The molecule has 13 heavy (non-hydrogen) atoms. The fraction of sp³-hybridized carbons (Fsp3) is 0.273. The third-order valence-corrected chi connectivity index (χ3v) is 2.67. The number of rotatable bonds is 0. The highest BCUT2D eigenvalue weighted by molar-refractivity contribution is 5.86. The van der Waals surface area contributed by atoms with E-state index >= 15 is 0 Å². The number of hydrogen-bond donors (Lipinski definition) is 1. The van der Waals surface area contributed by atoms with Crippen LogP contribution in [0.2, 0.25) is 0 Å². The van der Waals surface area contributed by atoms with E-state index < -0.39 is 0 Å². The molecule has 2 heterocycles. The average Bonchev–Trinajstić information content (AvgIpc) is 2.65. The third-order valence-electron chi connectivity index (χ3n) is 2.67. The molecule has 0 radical (unpaired) electrons. The molecule has 2 heteroatoms. The lowest BCUT2D eigenvalue weighted by molar-refractivity contribution is 0.615. The first kappa shape index (κ1) is 7.01. The first-order chi connectivity index (χ1) is 6.45. The van der Waals surface area contributed by atoms with Crippen LogP contribution in [0.25, 0.3) is 11.0 Å². The Morgan fingerprint density at radius 1 is 1.23 bits per heavy atom. The maximum Gasteiger partial charge on any atom is 0.134 e. The SMILES string of the molecule is c1cc2c3c(ccc2o1)NCCC3. The molecular formula is C11H11NO. The van der Waals surface area contributed by atoms with E-state index in [1.807, 2.05) is 6.07 Å². The molecule has 0 fully saturated rings. The number of anilines is 1. The molecule has 2 nitrogen and oxygen atoms in total. The smallest absolute Gasteiger partial charge is 0.134 e. The summed E-state index contributed by atoms with van der Waals surface area (Å²) in [7, 11) is 0. The van der Waals surface area contributed by atoms with Crippen LogP contribution < -0.4 is 5.32 Å². The number of benzene rings is 1. The number of hydrogen-bond acceptors (Lipinski definition) is 2. The molecule has 0 aliphatic carbocycles. The summed E-state index contributed by atoms with van der Waals surface area (Å²) in [6.07, 6.45) is 4.15. The Hall–Kier alpha value is -1.44. The molecule has 3 rings (SSSR count). The van der Waals surface area contributed by atoms with Crippen molar-refractivity contribution in [3.05, 3.63) is 30.0 Å². The van der Waals surface area contributed by atoms with Crippen molar-refractivity contribution in [2.24, 2.45) is 0 Å². The molecule has 0 spiro atoms. The molecule has 0 saturated carbocycles. The van der Waals surface area contributed by atoms with Crippen LogP contribution >= 0.6 is 0 Å². The minimum absolute atomic E-state index is 1.00. The summed E-state index contributed by atoms with van der Waals surface area (Å²) in [6, 6.07) is 6.20. The van der Waals surface area contributed by atoms with Gasteiger partial charge >= 0.3 is 0 Å². The molecular weight excluding hydrogens is 162 g/mol. The maximum atomic E-state index is 5.36. The van der Waals surface area contributed by atoms with Crippen molar-refractivity contribution < 1.29 is 4.42 Å². The second-order valence-electron chi connectivity index (χ2n) is 3.45. The summed E-state index contributed by atoms with van der Waals surface area (Å²) in [5, 5.41) is 4.67. The summed E-state index contributed by atoms with van der Waals surface area (Å²) < 4.78 is 5.36. The molecule has 1 aliphatic heterocycles. The standard InChI is InChI=1S/C11H11NO/c1-2-8-9-5-7-13-11(9)4-3-10(8)12-6-1/h3-5,7,12H,1-2,6H2. The number of furan rings is 1. The molecule has 1 aliphatic rings. The van der Waals surface area contributed by atoms with Gasteiger partial charge < -0.3 is 9.73 Å². The minimum Gasteiger partial charge on any atom is -0.464 e. The van der Waals surface area contributed by atoms with Gasteiger partial charge in [0, 0.05) is 17.6 Å². The van der Waals surface area contributed by atoms with Crippen molar-refractivity contribution in [2.75, 3.05) is 11.9 Å². The van der Waals surface area contributed by atoms with Gasteiger partial charge in [0.2, 0.25) is 0 Å². The summed E-state index contributed by atoms with van der Waals surface area (Å²) in [5.74, 6) is 0. The summed E-state index contributed by atoms with van der Waals surface area (Å²) in [6.45, 7) is 1.09. The van der Waals surface area contributed by atoms with Crippen LogP contribution in [-0.2, 0) is 6.42 Å². The molecule has 0 amide bonds. The normalized spacial score (nSPS) is 15.4. The lowest BCUT2D eigenvalue weighted by Crippen LogP contribution is -2.11. The van der Waals surface area contributed by atoms with E-state index in [9.17, 15) is 0 Å². The predicted molar refractivity (Wildman–Crippen MR) is 53.0 cm³/mol. The third kappa shape index (κ3) is 0.949. The van der Waals surface area contributed by atoms with E-state index in [2.05, 4.69) is 17.4 Å². The van der Waals surface area contributed by atoms with Gasteiger partial charge in [-0.15, -0.1) is 0 Å². The number of aryl methyl sites for hydroxylation is 1. The largest absolute Gasteiger partial charge is 0.464 e. The van der Waals surface area contributed by atoms with E-state index in [1.165, 1.54) is 29.5 Å². The molecule has 0 bridgehead atoms. The highest BCUT2D eigenvalue weighted by atomic mass is 16.3. The topological polar surface area (TPSA) is 25.2 Å². The predicted octanol–water partition coefficient (Wildman–Crippen LogP) is 2.79. The first-order valence-corrected chi connectivity index (χ1v) is 4.68. The zero-order chi connectivity index (χ0) is 8.67. The molecule has 0 saturated heterocycles. The Labute approximate surface area is 76.5 Å². The lowest BCUT2D eigenvalue weighted by Gasteiger charge is -2.17. The van der Waals surface area contributed by atoms with Gasteiger partial charge in [-0.3, -0.25) is 0 Å². The van der Waals surface area contributed by atoms with E-state index in [4.69, 9.17) is 4.42 Å². The molecule has 1 aromatic heterocycles. The van der Waals surface area contributed by atoms with Crippen molar-refractivity contribution in [3.63, 3.8) is 0 Å². The van der Waals surface area contributed by atoms with Crippen LogP contribution in [0.5, 0.6) is 0 Å². The molecule has 1 aromatic carbocycles. The Balaban J connectivity index is 2.34. The van der Waals surface area contributed by atoms with Crippen LogP contribution in [0.4, 0.5) is 5.69 Å². The average molecular weight is 173 g/mol. The van der Waals surface area contributed by atoms with E-state index in [0.29, 0.717) is 0 Å². The fourth-order valence-corrected chi connectivity index (χ4v) is 2.03. The Bertz CT molecular complexity index is 444. The summed E-state index contributed by atoms with van der Waals surface area (Å²) in [5.41, 5.74) is 3.69. The second-order valence-corrected chi connectivity index (χ2v) is 3.45. The second kappa shape index (κ2) is 2.52. The van der Waals surface area contributed by atoms with Crippen molar-refractivity contribution >= 4 is 16.7 Å². The van der Waals surface area contributed by atoms with Gasteiger partial charge in [0.05, 0.1) is 6.26 Å². The van der Waals surface area contributed by atoms with Gasteiger partial charge in [0.15, 0.2) is 0 Å². The van der Waals surface area contributed by atoms with Crippen LogP contribution in [0, 0.1) is 0 Å². The van der Waals surface area contributed by atoms with Crippen LogP contribution in [0.15, 0.2) is 28.9 Å². The quantitative estimate of drug-likeness (QED) is 0.662. The van der Waals surface area contributed by atoms with Crippen LogP contribution in [0.3, 0.4) is 0 Å². The Morgan fingerprint density at radius 3 is 3.23 bits per heavy atom. The molecule has 1 N–H and O–H groups in total. The van der Waals surface area contributed by atoms with Crippen molar-refractivity contribution in [1.82, 2.24) is 0 Å². The number of nitrogens with one attached hydrogen (secondary N) is 1. The zero-order valence-electron chi connectivity index (χ0n) is 7.34. The lowest BCUT2D eigenvalue weighted by atomic mass is 10.00. The molecule has 2 aromatic rings. The molecule has 66 valence electrons. The Kier molecular flexibility index (Phi) is 1.36. The molecule has 0 unspecified atom stereocenters. The Morgan fingerprint density at radius 2 is 2.23 bits per heavy atom. The van der Waals surface area contributed by atoms with Gasteiger partial charge in [-0.2, -0.15) is 0 Å². The van der Waals surface area contributed by atoms with Gasteiger partial charge in [0.25, 0.3) is 0 Å². The van der Waals surface area contributed by atoms with E-state index in [1.54, 1.807) is 6.26 Å². The van der Waals surface area contributed by atoms with E-state index in [0.717, 1.165) is 12.1 Å². The molecule has 0 atom stereocenters. The fourth-order valence-electron chi connectivity index (χ4n) is 2.03. The van der Waals surface area contributed by atoms with E-state index in [-0.39, 0.29) is 0 Å². The maximum absolute atomic E-state index is 5.36. The summed E-state index contributed by atoms with van der Waals surface area (Å²) >= 11 is 0. The van der Waals surface area contributed by atoms with Gasteiger partial charge in [-0.1, -0.05) is 0 Å². The van der Waals surface area contributed by atoms with Gasteiger partial charge in [-0.05, 0) is 36.6 Å². The highest BCUT2D eigenvalue weighted by Crippen LogP contribution is 2.30. The first-order valence-electron chi connectivity index (χ1n) is 4.68. The van der Waals surface area contributed by atoms with Crippen LogP contribution in [-0.4, -0.2) is 6.54 Å². The zero-order valence-corrected chi connectivity index (χ0v) is 7.34. The van der Waals surface area contributed by atoms with Crippen molar-refractivity contribution in [2.45, 2.75) is 12.8 Å². The minimum atomic E-state index is 1.00. The van der Waals surface area contributed by atoms with Crippen molar-refractivity contribution in [1.29, 1.82) is 0 Å². The van der Waals surface area contributed by atoms with Gasteiger partial charge in [0.1, 0.15) is 5.58 Å². The van der Waals surface area contributed by atoms with Gasteiger partial charge in [-0.25, -0.2) is 0 Å². The monoisotopic (exact) mass is 173 g/mol. The van der Waals surface area contributed by atoms with Crippen molar-refractivity contribution in [3.8, 4) is 0 Å². The summed E-state index contributed by atoms with van der Waals surface area (Å²) in [4.78, 5) is 0. The van der Waals surface area contributed by atoms with Crippen LogP contribution in [0.1, 0.15) is 12.0 Å².